The maximum absolute atomic E-state index is 12.4. The van der Waals surface area contributed by atoms with E-state index in [2.05, 4.69) is 10.4 Å². The number of anilines is 1. The van der Waals surface area contributed by atoms with Crippen LogP contribution in [0.5, 0.6) is 0 Å². The quantitative estimate of drug-likeness (QED) is 0.899. The molecule has 0 spiro atoms. The number of hydrogen-bond donors (Lipinski definition) is 2. The monoisotopic (exact) mass is 329 g/mol. The second-order valence-electron chi connectivity index (χ2n) is 6.99. The van der Waals surface area contributed by atoms with Gasteiger partial charge in [0.05, 0.1) is 17.6 Å². The Morgan fingerprint density at radius 1 is 1.29 bits per heavy atom. The van der Waals surface area contributed by atoms with Gasteiger partial charge >= 0.3 is 5.97 Å². The maximum atomic E-state index is 12.4. The molecule has 1 atom stereocenters. The zero-order chi connectivity index (χ0) is 18.1. The standard InChI is InChI=1S/C18H23N3O3/c1-11(18(3,4)5)16(22)20-13-7-6-8-14(9-13)21-12(2)15(10-19-21)17(23)24/h6-11H,1-5H3,(H,20,22)(H,23,24). The molecule has 128 valence electrons. The Hall–Kier alpha value is -2.63. The van der Waals surface area contributed by atoms with Crippen LogP contribution >= 0.6 is 0 Å². The molecule has 0 saturated carbocycles. The van der Waals surface area contributed by atoms with Crippen LogP contribution in [-0.2, 0) is 4.79 Å². The van der Waals surface area contributed by atoms with Crippen LogP contribution in [0.25, 0.3) is 5.69 Å². The van der Waals surface area contributed by atoms with E-state index in [0.29, 0.717) is 17.1 Å². The van der Waals surface area contributed by atoms with E-state index in [-0.39, 0.29) is 22.8 Å². The number of nitrogens with zero attached hydrogens (tertiary/aromatic N) is 2. The molecule has 0 aliphatic heterocycles. The van der Waals surface area contributed by atoms with E-state index in [1.54, 1.807) is 29.8 Å². The lowest BCUT2D eigenvalue weighted by Crippen LogP contribution is -2.30. The Kier molecular flexibility index (Phi) is 4.78. The number of carboxylic acid groups (broad SMARTS) is 1. The summed E-state index contributed by atoms with van der Waals surface area (Å²) in [6, 6.07) is 7.19. The molecule has 24 heavy (non-hydrogen) atoms. The van der Waals surface area contributed by atoms with Crippen LogP contribution in [0.3, 0.4) is 0 Å². The van der Waals surface area contributed by atoms with E-state index in [4.69, 9.17) is 5.11 Å². The summed E-state index contributed by atoms with van der Waals surface area (Å²) < 4.78 is 1.55. The molecule has 0 aliphatic carbocycles. The van der Waals surface area contributed by atoms with Gasteiger partial charge in [-0.3, -0.25) is 4.79 Å². The third-order valence-electron chi connectivity index (χ3n) is 4.29. The first-order valence-corrected chi connectivity index (χ1v) is 7.80. The highest BCUT2D eigenvalue weighted by Crippen LogP contribution is 2.27. The fourth-order valence-electron chi connectivity index (χ4n) is 2.24. The molecule has 1 amide bonds. The summed E-state index contributed by atoms with van der Waals surface area (Å²) in [5.41, 5.74) is 1.91. The molecule has 2 N–H and O–H groups in total. The van der Waals surface area contributed by atoms with Gasteiger partial charge < -0.3 is 10.4 Å². The lowest BCUT2D eigenvalue weighted by Gasteiger charge is -2.26. The van der Waals surface area contributed by atoms with E-state index in [0.717, 1.165) is 0 Å². The molecule has 1 aromatic heterocycles. The van der Waals surface area contributed by atoms with Crippen molar-refractivity contribution in [2.45, 2.75) is 34.6 Å². The molecule has 1 aromatic carbocycles. The molecule has 1 heterocycles. The summed E-state index contributed by atoms with van der Waals surface area (Å²) in [7, 11) is 0. The predicted octanol–water partition coefficient (Wildman–Crippen LogP) is 3.50. The zero-order valence-corrected chi connectivity index (χ0v) is 14.6. The van der Waals surface area contributed by atoms with Crippen molar-refractivity contribution < 1.29 is 14.7 Å². The number of carbonyl (C=O) groups is 2. The molecule has 1 unspecified atom stereocenters. The Bertz CT molecular complexity index is 772. The van der Waals surface area contributed by atoms with Gasteiger partial charge in [0.25, 0.3) is 0 Å². The van der Waals surface area contributed by atoms with Crippen LogP contribution in [0.1, 0.15) is 43.7 Å². The molecule has 0 radical (unpaired) electrons. The molecular formula is C18H23N3O3. The number of rotatable bonds is 4. The predicted molar refractivity (Wildman–Crippen MR) is 92.5 cm³/mol. The zero-order valence-electron chi connectivity index (χ0n) is 14.6. The van der Waals surface area contributed by atoms with E-state index in [9.17, 15) is 9.59 Å². The van der Waals surface area contributed by atoms with E-state index in [1.165, 1.54) is 6.20 Å². The molecule has 0 saturated heterocycles. The smallest absolute Gasteiger partial charge is 0.339 e. The van der Waals surface area contributed by atoms with Gasteiger partial charge in [0, 0.05) is 11.6 Å². The van der Waals surface area contributed by atoms with Gasteiger partial charge in [-0.25, -0.2) is 9.48 Å². The van der Waals surface area contributed by atoms with Gasteiger partial charge in [0.2, 0.25) is 5.91 Å². The second kappa shape index (κ2) is 6.47. The first kappa shape index (κ1) is 17.7. The van der Waals surface area contributed by atoms with Crippen molar-refractivity contribution in [3.05, 3.63) is 41.7 Å². The van der Waals surface area contributed by atoms with Gasteiger partial charge in [-0.15, -0.1) is 0 Å². The molecule has 6 nitrogen and oxygen atoms in total. The highest BCUT2D eigenvalue weighted by Gasteiger charge is 2.26. The van der Waals surface area contributed by atoms with Gasteiger partial charge in [-0.1, -0.05) is 33.8 Å². The number of amides is 1. The lowest BCUT2D eigenvalue weighted by atomic mass is 9.81. The third-order valence-corrected chi connectivity index (χ3v) is 4.29. The minimum absolute atomic E-state index is 0.0527. The summed E-state index contributed by atoms with van der Waals surface area (Å²) >= 11 is 0. The average molecular weight is 329 g/mol. The fourth-order valence-corrected chi connectivity index (χ4v) is 2.24. The second-order valence-corrected chi connectivity index (χ2v) is 6.99. The number of aromatic nitrogens is 2. The lowest BCUT2D eigenvalue weighted by molar-refractivity contribution is -0.122. The normalized spacial score (nSPS) is 12.7. The highest BCUT2D eigenvalue weighted by molar-refractivity contribution is 5.93. The summed E-state index contributed by atoms with van der Waals surface area (Å²) in [6.07, 6.45) is 1.32. The Labute approximate surface area is 141 Å². The van der Waals surface area contributed by atoms with Crippen LogP contribution in [0, 0.1) is 18.3 Å². The first-order valence-electron chi connectivity index (χ1n) is 7.80. The molecule has 2 aromatic rings. The minimum Gasteiger partial charge on any atom is -0.478 e. The molecule has 0 aliphatic rings. The number of aromatic carboxylic acids is 1. The van der Waals surface area contributed by atoms with Crippen LogP contribution in [-0.4, -0.2) is 26.8 Å². The maximum Gasteiger partial charge on any atom is 0.339 e. The van der Waals surface area contributed by atoms with Crippen molar-refractivity contribution >= 4 is 17.6 Å². The van der Waals surface area contributed by atoms with Gasteiger partial charge in [0.1, 0.15) is 5.56 Å². The number of benzene rings is 1. The summed E-state index contributed by atoms with van der Waals surface area (Å²) in [5, 5.41) is 16.2. The van der Waals surface area contributed by atoms with Crippen molar-refractivity contribution in [2.75, 3.05) is 5.32 Å². The molecule has 6 heteroatoms. The van der Waals surface area contributed by atoms with Crippen molar-refractivity contribution in [1.29, 1.82) is 0 Å². The van der Waals surface area contributed by atoms with Gasteiger partial charge in [0.15, 0.2) is 0 Å². The number of carboxylic acids is 1. The van der Waals surface area contributed by atoms with Crippen LogP contribution < -0.4 is 5.32 Å². The van der Waals surface area contributed by atoms with E-state index in [1.807, 2.05) is 33.8 Å². The Morgan fingerprint density at radius 3 is 2.50 bits per heavy atom. The average Bonchev–Trinajstić information content (AvgIpc) is 2.87. The summed E-state index contributed by atoms with van der Waals surface area (Å²) in [5.74, 6) is -1.21. The Balaban J connectivity index is 2.27. The summed E-state index contributed by atoms with van der Waals surface area (Å²) in [4.78, 5) is 23.5. The third kappa shape index (κ3) is 3.64. The number of hydrogen-bond acceptors (Lipinski definition) is 3. The molecule has 0 bridgehead atoms. The van der Waals surface area contributed by atoms with Crippen LogP contribution in [0.15, 0.2) is 30.5 Å². The van der Waals surface area contributed by atoms with Crippen molar-refractivity contribution in [3.8, 4) is 5.69 Å². The van der Waals surface area contributed by atoms with Crippen LogP contribution in [0.2, 0.25) is 0 Å². The molecular weight excluding hydrogens is 306 g/mol. The summed E-state index contributed by atoms with van der Waals surface area (Å²) in [6.45, 7) is 9.66. The number of nitrogens with one attached hydrogen (secondary N) is 1. The highest BCUT2D eigenvalue weighted by atomic mass is 16.4. The van der Waals surface area contributed by atoms with Crippen LogP contribution in [0.4, 0.5) is 5.69 Å². The topological polar surface area (TPSA) is 84.2 Å². The minimum atomic E-state index is -1.01. The fraction of sp³-hybridized carbons (Fsp3) is 0.389. The first-order chi connectivity index (χ1) is 11.1. The van der Waals surface area contributed by atoms with Gasteiger partial charge in [-0.2, -0.15) is 5.10 Å². The van der Waals surface area contributed by atoms with E-state index < -0.39 is 5.97 Å². The largest absolute Gasteiger partial charge is 0.478 e. The van der Waals surface area contributed by atoms with Crippen molar-refractivity contribution in [2.24, 2.45) is 11.3 Å². The van der Waals surface area contributed by atoms with Gasteiger partial charge in [-0.05, 0) is 30.5 Å². The molecule has 0 fully saturated rings. The Morgan fingerprint density at radius 2 is 1.96 bits per heavy atom. The number of carbonyl (C=O) groups excluding carboxylic acids is 1. The SMILES string of the molecule is Cc1c(C(=O)O)cnn1-c1cccc(NC(=O)C(C)C(C)(C)C)c1. The van der Waals surface area contributed by atoms with E-state index >= 15 is 0 Å². The van der Waals surface area contributed by atoms with Crippen molar-refractivity contribution in [1.82, 2.24) is 9.78 Å². The molecule has 2 rings (SSSR count). The van der Waals surface area contributed by atoms with Crippen molar-refractivity contribution in [3.63, 3.8) is 0 Å².